The molecule has 98 valence electrons. The average molecular weight is 278 g/mol. The number of anilines is 1. The first-order valence-electron chi connectivity index (χ1n) is 5.40. The molecule has 2 aromatic rings. The monoisotopic (exact) mass is 278 g/mol. The lowest BCUT2D eigenvalue weighted by Crippen LogP contribution is -2.23. The molecule has 0 aliphatic heterocycles. The van der Waals surface area contributed by atoms with Crippen molar-refractivity contribution in [3.8, 4) is 0 Å². The molecule has 0 aliphatic rings. The van der Waals surface area contributed by atoms with Crippen molar-refractivity contribution in [1.29, 1.82) is 0 Å². The summed E-state index contributed by atoms with van der Waals surface area (Å²) < 4.78 is 38.1. The summed E-state index contributed by atoms with van der Waals surface area (Å²) in [7, 11) is -4.23. The summed E-state index contributed by atoms with van der Waals surface area (Å²) in [5.41, 5.74) is 0.179. The Kier molecular flexibility index (Phi) is 3.62. The minimum absolute atomic E-state index is 0.117. The fourth-order valence-corrected chi connectivity index (χ4v) is 2.64. The molecule has 0 saturated carbocycles. The molecule has 19 heavy (non-hydrogen) atoms. The molecule has 6 heteroatoms. The number of nitrogens with zero attached hydrogens (tertiary/aromatic N) is 2. The standard InChI is InChI=1S/C13H11FN2O2S/c1-2-11-10-15-9-8-13(11)16(14)19(17,18)12-6-4-3-5-7-12/h2-10H,1H2. The quantitative estimate of drug-likeness (QED) is 0.808. The maximum Gasteiger partial charge on any atom is 0.290 e. The van der Waals surface area contributed by atoms with Gasteiger partial charge in [0.15, 0.2) is 0 Å². The van der Waals surface area contributed by atoms with E-state index in [1.807, 2.05) is 0 Å². The first-order valence-corrected chi connectivity index (χ1v) is 6.84. The van der Waals surface area contributed by atoms with E-state index in [4.69, 9.17) is 0 Å². The van der Waals surface area contributed by atoms with E-state index < -0.39 is 10.0 Å². The lowest BCUT2D eigenvalue weighted by molar-refractivity contribution is 0.495. The zero-order chi connectivity index (χ0) is 13.9. The van der Waals surface area contributed by atoms with E-state index in [0.29, 0.717) is 5.56 Å². The Bertz CT molecular complexity index is 687. The van der Waals surface area contributed by atoms with Crippen LogP contribution in [0, 0.1) is 0 Å². The van der Waals surface area contributed by atoms with Crippen molar-refractivity contribution < 1.29 is 12.9 Å². The third kappa shape index (κ3) is 2.48. The summed E-state index contributed by atoms with van der Waals surface area (Å²) >= 11 is 0. The molecule has 0 atom stereocenters. The second-order valence-corrected chi connectivity index (χ2v) is 5.41. The SMILES string of the molecule is C=Cc1cnccc1N(F)S(=O)(=O)c1ccccc1. The Hall–Kier alpha value is -2.21. The Morgan fingerprint density at radius 3 is 2.53 bits per heavy atom. The molecule has 0 spiro atoms. The van der Waals surface area contributed by atoms with E-state index >= 15 is 0 Å². The fourth-order valence-electron chi connectivity index (χ4n) is 1.53. The lowest BCUT2D eigenvalue weighted by Gasteiger charge is -2.15. The van der Waals surface area contributed by atoms with Crippen molar-refractivity contribution in [3.05, 3.63) is 60.9 Å². The second kappa shape index (κ2) is 5.19. The molecule has 0 aliphatic carbocycles. The highest BCUT2D eigenvalue weighted by molar-refractivity contribution is 7.92. The number of hydrogen-bond acceptors (Lipinski definition) is 3. The van der Waals surface area contributed by atoms with Gasteiger partial charge in [-0.05, 0) is 18.2 Å². The minimum Gasteiger partial charge on any atom is -0.264 e. The van der Waals surface area contributed by atoms with Crippen LogP contribution in [0.15, 0.2) is 60.3 Å². The number of hydrogen-bond donors (Lipinski definition) is 0. The van der Waals surface area contributed by atoms with Crippen molar-refractivity contribution in [2.24, 2.45) is 0 Å². The van der Waals surface area contributed by atoms with E-state index in [1.54, 1.807) is 6.07 Å². The van der Waals surface area contributed by atoms with Crippen molar-refractivity contribution in [3.63, 3.8) is 0 Å². The number of rotatable bonds is 4. The van der Waals surface area contributed by atoms with E-state index in [2.05, 4.69) is 11.6 Å². The van der Waals surface area contributed by atoms with E-state index in [9.17, 15) is 12.9 Å². The number of pyridine rings is 1. The summed E-state index contributed by atoms with van der Waals surface area (Å²) in [6.07, 6.45) is 4.00. The van der Waals surface area contributed by atoms with Crippen LogP contribution in [0.5, 0.6) is 0 Å². The van der Waals surface area contributed by atoms with Gasteiger partial charge in [0, 0.05) is 18.0 Å². The van der Waals surface area contributed by atoms with Gasteiger partial charge in [0.25, 0.3) is 10.0 Å². The van der Waals surface area contributed by atoms with Gasteiger partial charge in [-0.3, -0.25) is 4.98 Å². The van der Waals surface area contributed by atoms with Gasteiger partial charge < -0.3 is 0 Å². The topological polar surface area (TPSA) is 50.3 Å². The molecule has 0 radical (unpaired) electrons. The maximum absolute atomic E-state index is 14.2. The summed E-state index contributed by atoms with van der Waals surface area (Å²) in [5.74, 6) is 0. The fraction of sp³-hybridized carbons (Fsp3) is 0. The van der Waals surface area contributed by atoms with Crippen molar-refractivity contribution in [2.75, 3.05) is 4.53 Å². The molecule has 0 saturated heterocycles. The largest absolute Gasteiger partial charge is 0.290 e. The Balaban J connectivity index is 2.50. The highest BCUT2D eigenvalue weighted by Gasteiger charge is 2.26. The van der Waals surface area contributed by atoms with Crippen LogP contribution < -0.4 is 4.53 Å². The normalized spacial score (nSPS) is 11.0. The van der Waals surface area contributed by atoms with Gasteiger partial charge >= 0.3 is 0 Å². The number of aromatic nitrogens is 1. The minimum atomic E-state index is -4.23. The van der Waals surface area contributed by atoms with Gasteiger partial charge in [-0.1, -0.05) is 39.9 Å². The Labute approximate surface area is 110 Å². The van der Waals surface area contributed by atoms with Crippen molar-refractivity contribution in [1.82, 2.24) is 4.98 Å². The Morgan fingerprint density at radius 2 is 1.89 bits per heavy atom. The van der Waals surface area contributed by atoms with E-state index in [1.165, 1.54) is 48.8 Å². The molecule has 0 fully saturated rings. The molecule has 0 amide bonds. The third-order valence-electron chi connectivity index (χ3n) is 2.49. The predicted octanol–water partition coefficient (Wildman–Crippen LogP) is 2.80. The van der Waals surface area contributed by atoms with E-state index in [0.717, 1.165) is 0 Å². The summed E-state index contributed by atoms with van der Waals surface area (Å²) in [6, 6.07) is 8.65. The third-order valence-corrected chi connectivity index (χ3v) is 3.98. The smallest absolute Gasteiger partial charge is 0.264 e. The predicted molar refractivity (Wildman–Crippen MR) is 71.5 cm³/mol. The van der Waals surface area contributed by atoms with Gasteiger partial charge in [0.05, 0.1) is 10.6 Å². The summed E-state index contributed by atoms with van der Waals surface area (Å²) in [4.78, 5) is 3.67. The first-order chi connectivity index (χ1) is 9.07. The number of halogens is 1. The molecular weight excluding hydrogens is 267 g/mol. The van der Waals surface area contributed by atoms with Gasteiger partial charge in [-0.15, -0.1) is 0 Å². The highest BCUT2D eigenvalue weighted by Crippen LogP contribution is 2.27. The molecule has 1 aromatic carbocycles. The molecule has 0 bridgehead atoms. The van der Waals surface area contributed by atoms with Crippen LogP contribution in [-0.4, -0.2) is 13.4 Å². The molecule has 0 N–H and O–H groups in total. The summed E-state index contributed by atoms with van der Waals surface area (Å²) in [5, 5.41) is 0. The van der Waals surface area contributed by atoms with Crippen LogP contribution in [0.1, 0.15) is 5.56 Å². The van der Waals surface area contributed by atoms with Crippen LogP contribution in [0.4, 0.5) is 10.2 Å². The van der Waals surface area contributed by atoms with Gasteiger partial charge in [-0.2, -0.15) is 8.42 Å². The van der Waals surface area contributed by atoms with Crippen LogP contribution in [0.3, 0.4) is 0 Å². The van der Waals surface area contributed by atoms with Gasteiger partial charge in [-0.25, -0.2) is 0 Å². The van der Waals surface area contributed by atoms with Crippen LogP contribution in [0.25, 0.3) is 6.08 Å². The zero-order valence-electron chi connectivity index (χ0n) is 9.90. The van der Waals surface area contributed by atoms with E-state index in [-0.39, 0.29) is 15.1 Å². The lowest BCUT2D eigenvalue weighted by atomic mass is 10.2. The maximum atomic E-state index is 14.2. The molecule has 0 unspecified atom stereocenters. The van der Waals surface area contributed by atoms with Crippen LogP contribution in [0.2, 0.25) is 0 Å². The molecule has 1 heterocycles. The summed E-state index contributed by atoms with van der Waals surface area (Å²) in [6.45, 7) is 3.50. The molecule has 4 nitrogen and oxygen atoms in total. The van der Waals surface area contributed by atoms with Crippen LogP contribution >= 0.6 is 0 Å². The van der Waals surface area contributed by atoms with Crippen molar-refractivity contribution >= 4 is 21.8 Å². The first kappa shape index (κ1) is 13.2. The van der Waals surface area contributed by atoms with Crippen LogP contribution in [-0.2, 0) is 10.0 Å². The number of sulfonamides is 1. The van der Waals surface area contributed by atoms with Crippen molar-refractivity contribution in [2.45, 2.75) is 4.90 Å². The highest BCUT2D eigenvalue weighted by atomic mass is 32.2. The molecular formula is C13H11FN2O2S. The van der Waals surface area contributed by atoms with Gasteiger partial charge in [0.2, 0.25) is 0 Å². The number of benzene rings is 1. The average Bonchev–Trinajstić information content (AvgIpc) is 2.47. The van der Waals surface area contributed by atoms with Gasteiger partial charge in [0.1, 0.15) is 0 Å². The zero-order valence-corrected chi connectivity index (χ0v) is 10.7. The molecule has 1 aromatic heterocycles. The second-order valence-electron chi connectivity index (χ2n) is 3.67. The Morgan fingerprint density at radius 1 is 1.21 bits per heavy atom. The molecule has 2 rings (SSSR count).